The molecule has 0 fully saturated rings. The molecule has 0 bridgehead atoms. The Bertz CT molecular complexity index is 586. The standard InChI is InChI=1S/C14H21N5/c1-5-11-7-12(6-2)19(18-11)14-13(8-15)9(3)10(4)16-17-14/h7H,5-6,8,15H2,1-4H3. The lowest BCUT2D eigenvalue weighted by atomic mass is 10.1. The molecule has 0 saturated heterocycles. The molecule has 5 heteroatoms. The van der Waals surface area contributed by atoms with Crippen LogP contribution in [0.4, 0.5) is 0 Å². The molecule has 2 rings (SSSR count). The minimum absolute atomic E-state index is 0.446. The number of aryl methyl sites for hydroxylation is 3. The Kier molecular flexibility index (Phi) is 3.95. The van der Waals surface area contributed by atoms with E-state index in [1.54, 1.807) is 0 Å². The van der Waals surface area contributed by atoms with Gasteiger partial charge in [0, 0.05) is 17.8 Å². The van der Waals surface area contributed by atoms with Gasteiger partial charge in [-0.3, -0.25) is 0 Å². The van der Waals surface area contributed by atoms with Crippen molar-refractivity contribution in [2.75, 3.05) is 0 Å². The van der Waals surface area contributed by atoms with Crippen molar-refractivity contribution in [1.29, 1.82) is 0 Å². The highest BCUT2D eigenvalue weighted by molar-refractivity contribution is 5.41. The van der Waals surface area contributed by atoms with Crippen LogP contribution in [-0.2, 0) is 19.4 Å². The fraction of sp³-hybridized carbons (Fsp3) is 0.500. The Balaban J connectivity index is 2.64. The van der Waals surface area contributed by atoms with Gasteiger partial charge in [-0.25, -0.2) is 4.68 Å². The van der Waals surface area contributed by atoms with E-state index in [0.29, 0.717) is 6.54 Å². The van der Waals surface area contributed by atoms with E-state index in [9.17, 15) is 0 Å². The summed E-state index contributed by atoms with van der Waals surface area (Å²) in [6.07, 6.45) is 1.82. The highest BCUT2D eigenvalue weighted by Crippen LogP contribution is 2.19. The van der Waals surface area contributed by atoms with E-state index in [0.717, 1.165) is 46.9 Å². The summed E-state index contributed by atoms with van der Waals surface area (Å²) in [5.74, 6) is 0.766. The fourth-order valence-electron chi connectivity index (χ4n) is 2.14. The van der Waals surface area contributed by atoms with Crippen molar-refractivity contribution in [3.05, 3.63) is 34.3 Å². The highest BCUT2D eigenvalue weighted by atomic mass is 15.4. The predicted molar refractivity (Wildman–Crippen MR) is 75.3 cm³/mol. The summed E-state index contributed by atoms with van der Waals surface area (Å²) in [6, 6.07) is 2.12. The molecule has 0 unspecified atom stereocenters. The quantitative estimate of drug-likeness (QED) is 0.910. The first kappa shape index (κ1) is 13.7. The number of nitrogens with two attached hydrogens (primary N) is 1. The number of aromatic nitrogens is 4. The summed E-state index contributed by atoms with van der Waals surface area (Å²) in [5.41, 5.74) is 11.1. The molecule has 5 nitrogen and oxygen atoms in total. The third-order valence-electron chi connectivity index (χ3n) is 3.52. The average molecular weight is 259 g/mol. The molecule has 0 aliphatic rings. The minimum Gasteiger partial charge on any atom is -0.326 e. The zero-order valence-corrected chi connectivity index (χ0v) is 12.1. The molecular weight excluding hydrogens is 238 g/mol. The molecule has 2 aromatic rings. The van der Waals surface area contributed by atoms with E-state index >= 15 is 0 Å². The maximum atomic E-state index is 5.88. The van der Waals surface area contributed by atoms with Gasteiger partial charge in [-0.05, 0) is 38.3 Å². The second-order valence-corrected chi connectivity index (χ2v) is 4.66. The van der Waals surface area contributed by atoms with Crippen LogP contribution in [0.25, 0.3) is 5.82 Å². The van der Waals surface area contributed by atoms with Gasteiger partial charge in [0.05, 0.1) is 11.4 Å². The van der Waals surface area contributed by atoms with Crippen molar-refractivity contribution in [3.63, 3.8) is 0 Å². The molecule has 0 spiro atoms. The average Bonchev–Trinajstić information content (AvgIpc) is 2.84. The van der Waals surface area contributed by atoms with Gasteiger partial charge in [-0.1, -0.05) is 13.8 Å². The second-order valence-electron chi connectivity index (χ2n) is 4.66. The summed E-state index contributed by atoms with van der Waals surface area (Å²) >= 11 is 0. The van der Waals surface area contributed by atoms with Gasteiger partial charge in [0.15, 0.2) is 5.82 Å². The van der Waals surface area contributed by atoms with Crippen molar-refractivity contribution in [3.8, 4) is 5.82 Å². The Morgan fingerprint density at radius 2 is 1.89 bits per heavy atom. The van der Waals surface area contributed by atoms with Crippen LogP contribution in [-0.4, -0.2) is 20.0 Å². The summed E-state index contributed by atoms with van der Waals surface area (Å²) in [7, 11) is 0. The Labute approximate surface area is 113 Å². The lowest BCUT2D eigenvalue weighted by Crippen LogP contribution is -2.14. The van der Waals surface area contributed by atoms with Gasteiger partial charge >= 0.3 is 0 Å². The zero-order chi connectivity index (χ0) is 14.0. The molecule has 0 radical (unpaired) electrons. The Morgan fingerprint density at radius 3 is 2.47 bits per heavy atom. The van der Waals surface area contributed by atoms with Gasteiger partial charge in [0.25, 0.3) is 0 Å². The topological polar surface area (TPSA) is 69.6 Å². The van der Waals surface area contributed by atoms with Gasteiger partial charge < -0.3 is 5.73 Å². The molecule has 2 aromatic heterocycles. The lowest BCUT2D eigenvalue weighted by Gasteiger charge is -2.12. The molecule has 0 amide bonds. The van der Waals surface area contributed by atoms with Gasteiger partial charge in [-0.2, -0.15) is 10.2 Å². The van der Waals surface area contributed by atoms with Gasteiger partial charge in [0.2, 0.25) is 0 Å². The normalized spacial score (nSPS) is 11.0. The predicted octanol–water partition coefficient (Wildman–Crippen LogP) is 1.86. The molecule has 0 aliphatic carbocycles. The van der Waals surface area contributed by atoms with Crippen molar-refractivity contribution in [2.24, 2.45) is 5.73 Å². The molecular formula is C14H21N5. The van der Waals surface area contributed by atoms with Crippen molar-refractivity contribution < 1.29 is 0 Å². The zero-order valence-electron chi connectivity index (χ0n) is 12.1. The van der Waals surface area contributed by atoms with Crippen LogP contribution in [0.1, 0.15) is 42.1 Å². The maximum Gasteiger partial charge on any atom is 0.180 e. The highest BCUT2D eigenvalue weighted by Gasteiger charge is 2.15. The minimum atomic E-state index is 0.446. The molecule has 0 aromatic carbocycles. The molecule has 2 N–H and O–H groups in total. The molecule has 0 saturated carbocycles. The summed E-state index contributed by atoms with van der Waals surface area (Å²) < 4.78 is 1.89. The number of hydrogen-bond acceptors (Lipinski definition) is 4. The molecule has 0 atom stereocenters. The monoisotopic (exact) mass is 259 g/mol. The van der Waals surface area contributed by atoms with Crippen LogP contribution in [0, 0.1) is 13.8 Å². The Morgan fingerprint density at radius 1 is 1.16 bits per heavy atom. The molecule has 0 aliphatic heterocycles. The van der Waals surface area contributed by atoms with E-state index in [4.69, 9.17) is 5.73 Å². The molecule has 102 valence electrons. The van der Waals surface area contributed by atoms with Crippen molar-refractivity contribution in [1.82, 2.24) is 20.0 Å². The van der Waals surface area contributed by atoms with Crippen LogP contribution >= 0.6 is 0 Å². The molecule has 19 heavy (non-hydrogen) atoms. The third kappa shape index (κ3) is 2.38. The fourth-order valence-corrected chi connectivity index (χ4v) is 2.14. The van der Waals surface area contributed by atoms with Crippen LogP contribution in [0.5, 0.6) is 0 Å². The number of rotatable bonds is 4. The maximum absolute atomic E-state index is 5.88. The van der Waals surface area contributed by atoms with Crippen molar-refractivity contribution >= 4 is 0 Å². The van der Waals surface area contributed by atoms with Crippen molar-refractivity contribution in [2.45, 2.75) is 47.1 Å². The summed E-state index contributed by atoms with van der Waals surface area (Å²) in [5, 5.41) is 13.1. The van der Waals surface area contributed by atoms with E-state index in [1.165, 1.54) is 0 Å². The SMILES string of the molecule is CCc1cc(CC)n(-c2nnc(C)c(C)c2CN)n1. The number of nitrogens with zero attached hydrogens (tertiary/aromatic N) is 4. The first-order chi connectivity index (χ1) is 9.12. The van der Waals surface area contributed by atoms with Crippen LogP contribution in [0.3, 0.4) is 0 Å². The van der Waals surface area contributed by atoms with Crippen LogP contribution in [0.15, 0.2) is 6.07 Å². The van der Waals surface area contributed by atoms with Crippen LogP contribution < -0.4 is 5.73 Å². The third-order valence-corrected chi connectivity index (χ3v) is 3.52. The second kappa shape index (κ2) is 5.48. The molecule has 2 heterocycles. The van der Waals surface area contributed by atoms with E-state index < -0.39 is 0 Å². The first-order valence-corrected chi connectivity index (χ1v) is 6.73. The van der Waals surface area contributed by atoms with Crippen LogP contribution in [0.2, 0.25) is 0 Å². The van der Waals surface area contributed by atoms with Gasteiger partial charge in [0.1, 0.15) is 0 Å². The van der Waals surface area contributed by atoms with E-state index in [1.807, 2.05) is 18.5 Å². The lowest BCUT2D eigenvalue weighted by molar-refractivity contribution is 0.730. The largest absolute Gasteiger partial charge is 0.326 e. The van der Waals surface area contributed by atoms with E-state index in [2.05, 4.69) is 35.2 Å². The first-order valence-electron chi connectivity index (χ1n) is 6.73. The van der Waals surface area contributed by atoms with E-state index in [-0.39, 0.29) is 0 Å². The smallest absolute Gasteiger partial charge is 0.180 e. The Hall–Kier alpha value is -1.75. The van der Waals surface area contributed by atoms with Gasteiger partial charge in [-0.15, -0.1) is 5.10 Å². The summed E-state index contributed by atoms with van der Waals surface area (Å²) in [6.45, 7) is 8.64. The summed E-state index contributed by atoms with van der Waals surface area (Å²) in [4.78, 5) is 0. The number of hydrogen-bond donors (Lipinski definition) is 1.